The molecule has 0 aromatic heterocycles. The Morgan fingerprint density at radius 2 is 1.79 bits per heavy atom. The lowest BCUT2D eigenvalue weighted by Crippen LogP contribution is -2.43. The fourth-order valence-electron chi connectivity index (χ4n) is 1.65. The van der Waals surface area contributed by atoms with E-state index < -0.39 is 0 Å². The quantitative estimate of drug-likeness (QED) is 0.832. The number of hydrogen-bond acceptors (Lipinski definition) is 3. The van der Waals surface area contributed by atoms with Crippen molar-refractivity contribution < 1.29 is 14.3 Å². The van der Waals surface area contributed by atoms with Crippen molar-refractivity contribution in [2.75, 3.05) is 18.5 Å². The molecule has 2 amide bonds. The zero-order valence-corrected chi connectivity index (χ0v) is 12.8. The number of ether oxygens (including phenoxy) is 2. The first-order valence-corrected chi connectivity index (χ1v) is 6.83. The Kier molecular flexibility index (Phi) is 3.89. The zero-order valence-electron chi connectivity index (χ0n) is 11.2. The molecule has 6 heteroatoms. The Hall–Kier alpha value is -1.43. The second-order valence-corrected chi connectivity index (χ2v) is 6.16. The lowest BCUT2D eigenvalue weighted by atomic mass is 10.1. The van der Waals surface area contributed by atoms with Crippen LogP contribution in [0.4, 0.5) is 10.5 Å². The third-order valence-corrected chi connectivity index (χ3v) is 3.02. The van der Waals surface area contributed by atoms with Gasteiger partial charge in [0.05, 0.1) is 5.69 Å². The van der Waals surface area contributed by atoms with E-state index in [1.165, 1.54) is 0 Å². The van der Waals surface area contributed by atoms with Crippen LogP contribution in [0.5, 0.6) is 11.5 Å². The fraction of sp³-hybridized carbons (Fsp3) is 0.462. The maximum Gasteiger partial charge on any atom is 0.319 e. The second kappa shape index (κ2) is 5.28. The predicted molar refractivity (Wildman–Crippen MR) is 77.0 cm³/mol. The minimum atomic E-state index is -0.287. The van der Waals surface area contributed by atoms with Crippen molar-refractivity contribution in [3.63, 3.8) is 0 Å². The molecule has 1 aliphatic heterocycles. The van der Waals surface area contributed by atoms with Gasteiger partial charge in [0.25, 0.3) is 0 Å². The Morgan fingerprint density at radius 1 is 1.21 bits per heavy atom. The van der Waals surface area contributed by atoms with E-state index in [1.807, 2.05) is 20.8 Å². The molecule has 2 rings (SSSR count). The number of nitrogens with one attached hydrogen (secondary N) is 2. The number of carbonyl (C=O) groups excluding carboxylic acids is 1. The minimum Gasteiger partial charge on any atom is -0.486 e. The van der Waals surface area contributed by atoms with Gasteiger partial charge in [-0.2, -0.15) is 0 Å². The lowest BCUT2D eigenvalue weighted by Gasteiger charge is -2.22. The Bertz CT molecular complexity index is 497. The van der Waals surface area contributed by atoms with Crippen LogP contribution >= 0.6 is 15.9 Å². The number of rotatable bonds is 1. The average molecular weight is 329 g/mol. The van der Waals surface area contributed by atoms with Crippen LogP contribution in [0.15, 0.2) is 16.6 Å². The van der Waals surface area contributed by atoms with Crippen LogP contribution in [0.3, 0.4) is 0 Å². The van der Waals surface area contributed by atoms with E-state index in [0.29, 0.717) is 30.4 Å². The van der Waals surface area contributed by atoms with Gasteiger partial charge in [0.1, 0.15) is 13.2 Å². The van der Waals surface area contributed by atoms with E-state index in [0.717, 1.165) is 4.47 Å². The molecule has 1 aromatic rings. The van der Waals surface area contributed by atoms with Crippen LogP contribution in [0.2, 0.25) is 0 Å². The molecule has 0 atom stereocenters. The maximum absolute atomic E-state index is 11.8. The lowest BCUT2D eigenvalue weighted by molar-refractivity contribution is 0.171. The normalized spacial score (nSPS) is 13.9. The molecule has 5 nitrogen and oxygen atoms in total. The summed E-state index contributed by atoms with van der Waals surface area (Å²) in [5.41, 5.74) is 0.357. The summed E-state index contributed by atoms with van der Waals surface area (Å²) >= 11 is 3.41. The number of fused-ring (bicyclic) bond motifs is 1. The molecule has 0 saturated carbocycles. The Labute approximate surface area is 120 Å². The molecule has 0 fully saturated rings. The SMILES string of the molecule is CC(C)(C)NC(=O)Nc1cc2c(cc1Br)OCCO2. The van der Waals surface area contributed by atoms with Crippen molar-refractivity contribution in [1.82, 2.24) is 5.32 Å². The summed E-state index contributed by atoms with van der Waals surface area (Å²) in [5, 5.41) is 5.62. The highest BCUT2D eigenvalue weighted by Gasteiger charge is 2.18. The molecule has 0 radical (unpaired) electrons. The number of halogens is 1. The van der Waals surface area contributed by atoms with Gasteiger partial charge < -0.3 is 20.1 Å². The van der Waals surface area contributed by atoms with Gasteiger partial charge in [0, 0.05) is 22.1 Å². The molecule has 1 aliphatic rings. The predicted octanol–water partition coefficient (Wildman–Crippen LogP) is 3.14. The van der Waals surface area contributed by atoms with E-state index in [9.17, 15) is 4.79 Å². The summed E-state index contributed by atoms with van der Waals surface area (Å²) in [5.74, 6) is 1.32. The van der Waals surface area contributed by atoms with Gasteiger partial charge in [-0.15, -0.1) is 0 Å². The highest BCUT2D eigenvalue weighted by atomic mass is 79.9. The van der Waals surface area contributed by atoms with E-state index in [-0.39, 0.29) is 11.6 Å². The van der Waals surface area contributed by atoms with Crippen LogP contribution in [0.25, 0.3) is 0 Å². The Morgan fingerprint density at radius 3 is 2.37 bits per heavy atom. The van der Waals surface area contributed by atoms with E-state index in [4.69, 9.17) is 9.47 Å². The minimum absolute atomic E-state index is 0.259. The molecular formula is C13H17BrN2O3. The average Bonchev–Trinajstić information content (AvgIpc) is 2.27. The molecular weight excluding hydrogens is 312 g/mol. The van der Waals surface area contributed by atoms with E-state index in [2.05, 4.69) is 26.6 Å². The topological polar surface area (TPSA) is 59.6 Å². The number of urea groups is 1. The molecule has 104 valence electrons. The first-order chi connectivity index (χ1) is 8.85. The number of benzene rings is 1. The number of carbonyl (C=O) groups is 1. The van der Waals surface area contributed by atoms with Gasteiger partial charge in [-0.3, -0.25) is 0 Å². The highest BCUT2D eigenvalue weighted by molar-refractivity contribution is 9.10. The van der Waals surface area contributed by atoms with E-state index in [1.54, 1.807) is 12.1 Å². The molecule has 0 spiro atoms. The summed E-state index contributed by atoms with van der Waals surface area (Å²) in [6.45, 7) is 6.82. The van der Waals surface area contributed by atoms with Gasteiger partial charge in [-0.1, -0.05) is 0 Å². The number of anilines is 1. The third-order valence-electron chi connectivity index (χ3n) is 2.37. The van der Waals surface area contributed by atoms with Crippen LogP contribution in [0.1, 0.15) is 20.8 Å². The standard InChI is InChI=1S/C13H17BrN2O3/c1-13(2,3)16-12(17)15-9-7-11-10(6-8(9)14)18-4-5-19-11/h6-7H,4-5H2,1-3H3,(H2,15,16,17). The summed E-state index contributed by atoms with van der Waals surface area (Å²) in [6.07, 6.45) is 0. The van der Waals surface area contributed by atoms with E-state index >= 15 is 0 Å². The van der Waals surface area contributed by atoms with Gasteiger partial charge in [0.15, 0.2) is 11.5 Å². The number of hydrogen-bond donors (Lipinski definition) is 2. The largest absolute Gasteiger partial charge is 0.486 e. The van der Waals surface area contributed by atoms with Crippen LogP contribution in [-0.2, 0) is 0 Å². The van der Waals surface area contributed by atoms with Crippen molar-refractivity contribution in [3.8, 4) is 11.5 Å². The van der Waals surface area contributed by atoms with Crippen LogP contribution < -0.4 is 20.1 Å². The first-order valence-electron chi connectivity index (χ1n) is 6.03. The second-order valence-electron chi connectivity index (χ2n) is 5.30. The third kappa shape index (κ3) is 3.76. The first kappa shape index (κ1) is 14.0. The molecule has 19 heavy (non-hydrogen) atoms. The summed E-state index contributed by atoms with van der Waals surface area (Å²) in [6, 6.07) is 3.28. The molecule has 1 aromatic carbocycles. The number of amides is 2. The molecule has 0 unspecified atom stereocenters. The zero-order chi connectivity index (χ0) is 14.0. The van der Waals surface area contributed by atoms with Crippen molar-refractivity contribution in [2.45, 2.75) is 26.3 Å². The molecule has 1 heterocycles. The molecule has 0 saturated heterocycles. The maximum atomic E-state index is 11.8. The van der Waals surface area contributed by atoms with Gasteiger partial charge in [-0.05, 0) is 36.7 Å². The van der Waals surface area contributed by atoms with Crippen molar-refractivity contribution >= 4 is 27.6 Å². The molecule has 0 aliphatic carbocycles. The van der Waals surface area contributed by atoms with Crippen molar-refractivity contribution in [1.29, 1.82) is 0 Å². The van der Waals surface area contributed by atoms with Gasteiger partial charge >= 0.3 is 6.03 Å². The van der Waals surface area contributed by atoms with Crippen molar-refractivity contribution in [2.24, 2.45) is 0 Å². The summed E-state index contributed by atoms with van der Waals surface area (Å²) in [7, 11) is 0. The smallest absolute Gasteiger partial charge is 0.319 e. The van der Waals surface area contributed by atoms with Crippen LogP contribution in [-0.4, -0.2) is 24.8 Å². The van der Waals surface area contributed by atoms with Crippen molar-refractivity contribution in [3.05, 3.63) is 16.6 Å². The van der Waals surface area contributed by atoms with Crippen LogP contribution in [0, 0.1) is 0 Å². The molecule has 2 N–H and O–H groups in total. The molecule has 0 bridgehead atoms. The monoisotopic (exact) mass is 328 g/mol. The fourth-order valence-corrected chi connectivity index (χ4v) is 2.08. The summed E-state index contributed by atoms with van der Waals surface area (Å²) < 4.78 is 11.7. The van der Waals surface area contributed by atoms with Gasteiger partial charge in [0.2, 0.25) is 0 Å². The Balaban J connectivity index is 2.14. The van der Waals surface area contributed by atoms with Gasteiger partial charge in [-0.25, -0.2) is 4.79 Å². The highest BCUT2D eigenvalue weighted by Crippen LogP contribution is 2.38. The summed E-state index contributed by atoms with van der Waals surface area (Å²) in [4.78, 5) is 11.8.